The number of fused-ring (bicyclic) bond motifs is 1. The number of anilines is 2. The van der Waals surface area contributed by atoms with Gasteiger partial charge in [-0.05, 0) is 49.6 Å². The summed E-state index contributed by atoms with van der Waals surface area (Å²) in [6.45, 7) is 5.65. The zero-order chi connectivity index (χ0) is 21.1. The van der Waals surface area contributed by atoms with E-state index in [4.69, 9.17) is 0 Å². The van der Waals surface area contributed by atoms with Crippen molar-refractivity contribution < 1.29 is 9.59 Å². The number of benzene rings is 2. The molecule has 0 saturated carbocycles. The Morgan fingerprint density at radius 1 is 1.00 bits per heavy atom. The van der Waals surface area contributed by atoms with Crippen molar-refractivity contribution in [3.05, 3.63) is 59.2 Å². The van der Waals surface area contributed by atoms with Crippen molar-refractivity contribution in [3.63, 3.8) is 0 Å². The van der Waals surface area contributed by atoms with Crippen LogP contribution in [0.3, 0.4) is 0 Å². The molecule has 0 atom stereocenters. The van der Waals surface area contributed by atoms with Gasteiger partial charge in [-0.1, -0.05) is 18.2 Å². The minimum atomic E-state index is -0.00761. The number of para-hydroxylation sites is 1. The van der Waals surface area contributed by atoms with Crippen LogP contribution in [-0.2, 0) is 11.2 Å². The highest BCUT2D eigenvalue weighted by molar-refractivity contribution is 5.96. The number of rotatable bonds is 4. The number of ketones is 1. The van der Waals surface area contributed by atoms with E-state index < -0.39 is 0 Å². The third-order valence-electron chi connectivity index (χ3n) is 6.01. The Morgan fingerprint density at radius 2 is 1.77 bits per heavy atom. The van der Waals surface area contributed by atoms with E-state index in [-0.39, 0.29) is 11.7 Å². The predicted molar refractivity (Wildman–Crippen MR) is 117 cm³/mol. The van der Waals surface area contributed by atoms with Gasteiger partial charge in [0.15, 0.2) is 5.78 Å². The highest BCUT2D eigenvalue weighted by Gasteiger charge is 2.26. The van der Waals surface area contributed by atoms with Gasteiger partial charge >= 0.3 is 0 Å². The molecule has 2 aliphatic heterocycles. The van der Waals surface area contributed by atoms with E-state index in [1.807, 2.05) is 29.2 Å². The Hall–Kier alpha value is -3.17. The molecule has 154 valence electrons. The van der Waals surface area contributed by atoms with E-state index in [1.165, 1.54) is 12.5 Å². The van der Waals surface area contributed by atoms with E-state index in [0.717, 1.165) is 56.9 Å². The fourth-order valence-corrected chi connectivity index (χ4v) is 4.32. The van der Waals surface area contributed by atoms with Gasteiger partial charge in [-0.15, -0.1) is 0 Å². The van der Waals surface area contributed by atoms with Crippen LogP contribution in [0, 0.1) is 11.3 Å². The summed E-state index contributed by atoms with van der Waals surface area (Å²) in [5.74, 6) is 0.138. The standard InChI is InChI=1S/C24H26N4O2/c1-18(29)20-8-9-21(16-25)23(15-20)27-13-11-26(12-14-27)17-24(30)28-10-4-6-19-5-2-3-7-22(19)28/h2-3,5,7-9,15H,4,6,10-14,17H2,1H3. The average Bonchev–Trinajstić information content (AvgIpc) is 2.78. The molecule has 1 fully saturated rings. The van der Waals surface area contributed by atoms with Gasteiger partial charge in [0.1, 0.15) is 6.07 Å². The summed E-state index contributed by atoms with van der Waals surface area (Å²) in [5, 5.41) is 9.45. The van der Waals surface area contributed by atoms with Gasteiger partial charge in [-0.25, -0.2) is 0 Å². The molecule has 30 heavy (non-hydrogen) atoms. The number of nitriles is 1. The number of amides is 1. The van der Waals surface area contributed by atoms with Gasteiger partial charge in [0.25, 0.3) is 0 Å². The van der Waals surface area contributed by atoms with Crippen LogP contribution >= 0.6 is 0 Å². The SMILES string of the molecule is CC(=O)c1ccc(C#N)c(N2CCN(CC(=O)N3CCCc4ccccc43)CC2)c1. The normalized spacial score (nSPS) is 16.7. The van der Waals surface area contributed by atoms with E-state index in [2.05, 4.69) is 21.9 Å². The van der Waals surface area contributed by atoms with Gasteiger partial charge in [0, 0.05) is 44.0 Å². The van der Waals surface area contributed by atoms with Crippen molar-refractivity contribution in [1.82, 2.24) is 4.90 Å². The number of nitrogens with zero attached hydrogens (tertiary/aromatic N) is 4. The second-order valence-corrected chi connectivity index (χ2v) is 7.94. The van der Waals surface area contributed by atoms with E-state index in [0.29, 0.717) is 17.7 Å². The molecule has 1 amide bonds. The maximum Gasteiger partial charge on any atom is 0.241 e. The van der Waals surface area contributed by atoms with Crippen LogP contribution in [0.25, 0.3) is 0 Å². The molecular formula is C24H26N4O2. The van der Waals surface area contributed by atoms with Crippen LogP contribution in [-0.4, -0.2) is 55.9 Å². The van der Waals surface area contributed by atoms with Crippen LogP contribution in [0.2, 0.25) is 0 Å². The number of aryl methyl sites for hydroxylation is 1. The lowest BCUT2D eigenvalue weighted by Gasteiger charge is -2.37. The monoisotopic (exact) mass is 402 g/mol. The molecule has 0 aliphatic carbocycles. The van der Waals surface area contributed by atoms with Gasteiger partial charge in [-0.3, -0.25) is 14.5 Å². The van der Waals surface area contributed by atoms with Crippen molar-refractivity contribution in [2.75, 3.05) is 49.1 Å². The number of hydrogen-bond donors (Lipinski definition) is 0. The molecule has 4 rings (SSSR count). The molecule has 2 aromatic carbocycles. The van der Waals surface area contributed by atoms with Gasteiger partial charge in [-0.2, -0.15) is 5.26 Å². The average molecular weight is 402 g/mol. The number of piperazine rings is 1. The summed E-state index contributed by atoms with van der Waals surface area (Å²) in [7, 11) is 0. The third kappa shape index (κ3) is 4.07. The maximum atomic E-state index is 13.0. The largest absolute Gasteiger partial charge is 0.368 e. The third-order valence-corrected chi connectivity index (χ3v) is 6.01. The zero-order valence-corrected chi connectivity index (χ0v) is 17.3. The van der Waals surface area contributed by atoms with Crippen molar-refractivity contribution in [2.24, 2.45) is 0 Å². The predicted octanol–water partition coefficient (Wildman–Crippen LogP) is 2.86. The molecule has 2 heterocycles. The van der Waals surface area contributed by atoms with E-state index in [1.54, 1.807) is 12.1 Å². The molecule has 6 nitrogen and oxygen atoms in total. The Balaban J connectivity index is 1.40. The highest BCUT2D eigenvalue weighted by Crippen LogP contribution is 2.27. The molecule has 2 aromatic rings. The van der Waals surface area contributed by atoms with Crippen LogP contribution in [0.1, 0.15) is 34.8 Å². The fraction of sp³-hybridized carbons (Fsp3) is 0.375. The van der Waals surface area contributed by atoms with Crippen LogP contribution in [0.15, 0.2) is 42.5 Å². The molecule has 0 unspecified atom stereocenters. The van der Waals surface area contributed by atoms with Crippen LogP contribution in [0.4, 0.5) is 11.4 Å². The molecule has 0 N–H and O–H groups in total. The van der Waals surface area contributed by atoms with Gasteiger partial charge in [0.05, 0.1) is 17.8 Å². The quantitative estimate of drug-likeness (QED) is 0.736. The minimum Gasteiger partial charge on any atom is -0.368 e. The van der Waals surface area contributed by atoms with Crippen LogP contribution in [0.5, 0.6) is 0 Å². The highest BCUT2D eigenvalue weighted by atomic mass is 16.2. The molecule has 0 aromatic heterocycles. The Morgan fingerprint density at radius 3 is 2.50 bits per heavy atom. The first kappa shape index (κ1) is 20.1. The number of Topliss-reactive ketones (excluding diaryl/α,β-unsaturated/α-hetero) is 1. The molecule has 0 spiro atoms. The Kier molecular flexibility index (Phi) is 5.82. The first-order valence-corrected chi connectivity index (χ1v) is 10.5. The second-order valence-electron chi connectivity index (χ2n) is 7.94. The van der Waals surface area contributed by atoms with E-state index >= 15 is 0 Å². The van der Waals surface area contributed by atoms with Crippen molar-refractivity contribution in [1.29, 1.82) is 5.26 Å². The molecular weight excluding hydrogens is 376 g/mol. The summed E-state index contributed by atoms with van der Waals surface area (Å²) in [6.07, 6.45) is 2.03. The number of carbonyl (C=O) groups is 2. The first-order chi connectivity index (χ1) is 14.6. The maximum absolute atomic E-state index is 13.0. The molecule has 2 aliphatic rings. The lowest BCUT2D eigenvalue weighted by Crippen LogP contribution is -2.51. The first-order valence-electron chi connectivity index (χ1n) is 10.5. The van der Waals surface area contributed by atoms with Gasteiger partial charge in [0.2, 0.25) is 5.91 Å². The fourth-order valence-electron chi connectivity index (χ4n) is 4.32. The molecule has 0 radical (unpaired) electrons. The van der Waals surface area contributed by atoms with Crippen molar-refractivity contribution in [2.45, 2.75) is 19.8 Å². The molecule has 6 heteroatoms. The summed E-state index contributed by atoms with van der Waals surface area (Å²) in [6, 6.07) is 15.6. The summed E-state index contributed by atoms with van der Waals surface area (Å²) in [4.78, 5) is 31.0. The van der Waals surface area contributed by atoms with Crippen molar-refractivity contribution >= 4 is 23.1 Å². The number of carbonyl (C=O) groups excluding carboxylic acids is 2. The zero-order valence-electron chi connectivity index (χ0n) is 17.3. The van der Waals surface area contributed by atoms with Gasteiger partial charge < -0.3 is 9.80 Å². The molecule has 1 saturated heterocycles. The lowest BCUT2D eigenvalue weighted by molar-refractivity contribution is -0.119. The minimum absolute atomic E-state index is 0.00761. The summed E-state index contributed by atoms with van der Waals surface area (Å²) < 4.78 is 0. The number of hydrogen-bond acceptors (Lipinski definition) is 5. The van der Waals surface area contributed by atoms with E-state index in [9.17, 15) is 14.9 Å². The second kappa shape index (κ2) is 8.68. The van der Waals surface area contributed by atoms with Crippen molar-refractivity contribution in [3.8, 4) is 6.07 Å². The lowest BCUT2D eigenvalue weighted by atomic mass is 10.0. The topological polar surface area (TPSA) is 67.6 Å². The Labute approximate surface area is 177 Å². The molecule has 0 bridgehead atoms. The Bertz CT molecular complexity index is 1000. The summed E-state index contributed by atoms with van der Waals surface area (Å²) in [5.41, 5.74) is 4.30. The smallest absolute Gasteiger partial charge is 0.241 e. The summed E-state index contributed by atoms with van der Waals surface area (Å²) >= 11 is 0. The van der Waals surface area contributed by atoms with Crippen LogP contribution < -0.4 is 9.80 Å².